The van der Waals surface area contributed by atoms with Crippen LogP contribution in [-0.2, 0) is 6.42 Å². The predicted octanol–water partition coefficient (Wildman–Crippen LogP) is 4.20. The summed E-state index contributed by atoms with van der Waals surface area (Å²) >= 11 is 5.46. The maximum absolute atomic E-state index is 4.62. The molecule has 2 unspecified atom stereocenters. The van der Waals surface area contributed by atoms with Gasteiger partial charge in [0.2, 0.25) is 0 Å². The minimum atomic E-state index is 0.367. The smallest absolute Gasteiger partial charge is 0.0731 e. The summed E-state index contributed by atoms with van der Waals surface area (Å²) < 4.78 is 1.24. The van der Waals surface area contributed by atoms with Gasteiger partial charge in [0.15, 0.2) is 0 Å². The molecule has 1 aliphatic rings. The normalized spacial score (nSPS) is 19.4. The SMILES string of the molecule is CNC(c1cc(C)c(Br)s1)C1CCc2cccnc21. The molecule has 0 spiro atoms. The van der Waals surface area contributed by atoms with E-state index in [0.29, 0.717) is 12.0 Å². The van der Waals surface area contributed by atoms with Crippen molar-refractivity contribution in [3.63, 3.8) is 0 Å². The zero-order chi connectivity index (χ0) is 13.4. The van der Waals surface area contributed by atoms with Crippen molar-refractivity contribution in [3.8, 4) is 0 Å². The molecule has 0 radical (unpaired) electrons. The first-order valence-electron chi connectivity index (χ1n) is 6.57. The Bertz CT molecular complexity index is 574. The quantitative estimate of drug-likeness (QED) is 0.908. The molecule has 0 amide bonds. The second kappa shape index (κ2) is 5.35. The summed E-state index contributed by atoms with van der Waals surface area (Å²) in [5.41, 5.74) is 4.02. The molecular formula is C15H17BrN2S. The van der Waals surface area contributed by atoms with Crippen molar-refractivity contribution in [1.29, 1.82) is 0 Å². The molecule has 2 aromatic heterocycles. The molecule has 2 heterocycles. The Morgan fingerprint density at radius 2 is 2.37 bits per heavy atom. The van der Waals surface area contributed by atoms with Crippen LogP contribution in [0.1, 0.15) is 40.1 Å². The maximum Gasteiger partial charge on any atom is 0.0731 e. The zero-order valence-corrected chi connectivity index (χ0v) is 13.5. The molecule has 3 rings (SSSR count). The number of hydrogen-bond acceptors (Lipinski definition) is 3. The van der Waals surface area contributed by atoms with Gasteiger partial charge in [0.05, 0.1) is 3.79 Å². The van der Waals surface area contributed by atoms with Gasteiger partial charge < -0.3 is 5.32 Å². The lowest BCUT2D eigenvalue weighted by molar-refractivity contribution is 0.476. The zero-order valence-electron chi connectivity index (χ0n) is 11.1. The molecule has 2 nitrogen and oxygen atoms in total. The monoisotopic (exact) mass is 336 g/mol. The van der Waals surface area contributed by atoms with Crippen molar-refractivity contribution in [2.24, 2.45) is 0 Å². The lowest BCUT2D eigenvalue weighted by Crippen LogP contribution is -2.22. The molecule has 0 aliphatic heterocycles. The maximum atomic E-state index is 4.62. The molecule has 2 atom stereocenters. The Morgan fingerprint density at radius 1 is 1.53 bits per heavy atom. The largest absolute Gasteiger partial charge is 0.312 e. The van der Waals surface area contributed by atoms with E-state index < -0.39 is 0 Å². The average Bonchev–Trinajstić information content (AvgIpc) is 2.97. The van der Waals surface area contributed by atoms with Crippen LogP contribution in [0.4, 0.5) is 0 Å². The van der Waals surface area contributed by atoms with Crippen molar-refractivity contribution in [1.82, 2.24) is 10.3 Å². The number of hydrogen-bond donors (Lipinski definition) is 1. The fraction of sp³-hybridized carbons (Fsp3) is 0.400. The summed E-state index contributed by atoms with van der Waals surface area (Å²) in [7, 11) is 2.05. The number of rotatable bonds is 3. The van der Waals surface area contributed by atoms with Gasteiger partial charge in [-0.2, -0.15) is 0 Å². The third-order valence-corrected chi connectivity index (χ3v) is 6.12. The predicted molar refractivity (Wildman–Crippen MR) is 83.9 cm³/mol. The highest BCUT2D eigenvalue weighted by atomic mass is 79.9. The van der Waals surface area contributed by atoms with Crippen LogP contribution in [0, 0.1) is 6.92 Å². The molecular weight excluding hydrogens is 320 g/mol. The van der Waals surface area contributed by atoms with Gasteiger partial charge in [0.1, 0.15) is 0 Å². The van der Waals surface area contributed by atoms with Crippen LogP contribution >= 0.6 is 27.3 Å². The number of pyridine rings is 1. The van der Waals surface area contributed by atoms with Crippen molar-refractivity contribution in [2.75, 3.05) is 7.05 Å². The second-order valence-corrected chi connectivity index (χ2v) is 7.47. The molecule has 19 heavy (non-hydrogen) atoms. The first-order chi connectivity index (χ1) is 9.20. The summed E-state index contributed by atoms with van der Waals surface area (Å²) in [5, 5.41) is 3.49. The average molecular weight is 337 g/mol. The summed E-state index contributed by atoms with van der Waals surface area (Å²) in [6.45, 7) is 2.15. The Labute approximate surface area is 126 Å². The highest BCUT2D eigenvalue weighted by Crippen LogP contribution is 2.43. The van der Waals surface area contributed by atoms with Gasteiger partial charge in [-0.05, 0) is 66.0 Å². The lowest BCUT2D eigenvalue weighted by atomic mass is 9.95. The van der Waals surface area contributed by atoms with Crippen molar-refractivity contribution in [2.45, 2.75) is 31.7 Å². The molecule has 0 saturated heterocycles. The third-order valence-electron chi connectivity index (χ3n) is 3.90. The van der Waals surface area contributed by atoms with E-state index in [9.17, 15) is 0 Å². The van der Waals surface area contributed by atoms with E-state index in [1.54, 1.807) is 0 Å². The Kier molecular flexibility index (Phi) is 3.74. The lowest BCUT2D eigenvalue weighted by Gasteiger charge is -2.22. The molecule has 0 fully saturated rings. The van der Waals surface area contributed by atoms with Gasteiger partial charge >= 0.3 is 0 Å². The summed E-state index contributed by atoms with van der Waals surface area (Å²) in [6.07, 6.45) is 4.25. The molecule has 0 aromatic carbocycles. The van der Waals surface area contributed by atoms with E-state index in [1.807, 2.05) is 23.6 Å². The first-order valence-corrected chi connectivity index (χ1v) is 8.18. The molecule has 1 aliphatic carbocycles. The van der Waals surface area contributed by atoms with E-state index in [0.717, 1.165) is 6.42 Å². The molecule has 100 valence electrons. The number of nitrogens with zero attached hydrogens (tertiary/aromatic N) is 1. The van der Waals surface area contributed by atoms with E-state index in [-0.39, 0.29) is 0 Å². The van der Waals surface area contributed by atoms with E-state index >= 15 is 0 Å². The highest BCUT2D eigenvalue weighted by Gasteiger charge is 2.32. The standard InChI is InChI=1S/C15H17BrN2S/c1-9-8-12(19-15(9)16)14(17-2)11-6-5-10-4-3-7-18-13(10)11/h3-4,7-8,11,14,17H,5-6H2,1-2H3. The van der Waals surface area contributed by atoms with Gasteiger partial charge in [-0.1, -0.05) is 6.07 Å². The van der Waals surface area contributed by atoms with Crippen molar-refractivity contribution in [3.05, 3.63) is 49.9 Å². The van der Waals surface area contributed by atoms with Gasteiger partial charge in [-0.3, -0.25) is 4.98 Å². The summed E-state index contributed by atoms with van der Waals surface area (Å²) in [6, 6.07) is 6.91. The highest BCUT2D eigenvalue weighted by molar-refractivity contribution is 9.11. The molecule has 4 heteroatoms. The number of thiophene rings is 1. The van der Waals surface area contributed by atoms with Gasteiger partial charge in [0, 0.05) is 28.7 Å². The molecule has 1 N–H and O–H groups in total. The Hall–Kier alpha value is -0.710. The Balaban J connectivity index is 1.96. The van der Waals surface area contributed by atoms with E-state index in [2.05, 4.69) is 52.3 Å². The number of fused-ring (bicyclic) bond motifs is 1. The number of halogens is 1. The van der Waals surface area contributed by atoms with Gasteiger partial charge in [-0.15, -0.1) is 11.3 Å². The van der Waals surface area contributed by atoms with E-state index in [1.165, 1.54) is 31.9 Å². The third kappa shape index (κ3) is 2.37. The number of aryl methyl sites for hydroxylation is 2. The number of likely N-dealkylation sites (N-methyl/N-ethyl adjacent to an activating group) is 1. The van der Waals surface area contributed by atoms with Crippen molar-refractivity contribution >= 4 is 27.3 Å². The summed E-state index contributed by atoms with van der Waals surface area (Å²) in [5.74, 6) is 0.492. The van der Waals surface area contributed by atoms with Crippen LogP contribution in [0.2, 0.25) is 0 Å². The topological polar surface area (TPSA) is 24.9 Å². The van der Waals surface area contributed by atoms with Crippen LogP contribution in [0.15, 0.2) is 28.2 Å². The first kappa shape index (κ1) is 13.3. The number of nitrogens with one attached hydrogen (secondary N) is 1. The van der Waals surface area contributed by atoms with Crippen LogP contribution in [0.3, 0.4) is 0 Å². The van der Waals surface area contributed by atoms with Gasteiger partial charge in [0.25, 0.3) is 0 Å². The minimum absolute atomic E-state index is 0.367. The molecule has 0 saturated carbocycles. The van der Waals surface area contributed by atoms with Gasteiger partial charge in [-0.25, -0.2) is 0 Å². The fourth-order valence-electron chi connectivity index (χ4n) is 2.95. The number of aromatic nitrogens is 1. The molecule has 0 bridgehead atoms. The van der Waals surface area contributed by atoms with Crippen LogP contribution in [0.25, 0.3) is 0 Å². The van der Waals surface area contributed by atoms with Crippen molar-refractivity contribution < 1.29 is 0 Å². The molecule has 2 aromatic rings. The Morgan fingerprint density at radius 3 is 3.05 bits per heavy atom. The van der Waals surface area contributed by atoms with E-state index in [4.69, 9.17) is 0 Å². The summed E-state index contributed by atoms with van der Waals surface area (Å²) in [4.78, 5) is 6.02. The van der Waals surface area contributed by atoms with Crippen LogP contribution in [-0.4, -0.2) is 12.0 Å². The minimum Gasteiger partial charge on any atom is -0.312 e. The van der Waals surface area contributed by atoms with Crippen LogP contribution in [0.5, 0.6) is 0 Å². The second-order valence-electron chi connectivity index (χ2n) is 5.06. The fourth-order valence-corrected chi connectivity index (χ4v) is 4.69. The van der Waals surface area contributed by atoms with Crippen LogP contribution < -0.4 is 5.32 Å².